The van der Waals surface area contributed by atoms with Gasteiger partial charge in [-0.25, -0.2) is 14.3 Å². The van der Waals surface area contributed by atoms with Crippen molar-refractivity contribution in [1.82, 2.24) is 30.1 Å². The molecule has 1 saturated heterocycles. The second kappa shape index (κ2) is 12.8. The average molecular weight is 537 g/mol. The molecule has 1 aliphatic rings. The van der Waals surface area contributed by atoms with Crippen molar-refractivity contribution in [2.45, 2.75) is 105 Å². The highest BCUT2D eigenvalue weighted by molar-refractivity contribution is 5.81. The average Bonchev–Trinajstić information content (AvgIpc) is 3.25. The summed E-state index contributed by atoms with van der Waals surface area (Å²) in [6.07, 6.45) is 2.30. The highest BCUT2D eigenvalue weighted by Gasteiger charge is 2.35. The summed E-state index contributed by atoms with van der Waals surface area (Å²) in [5, 5.41) is 11.6. The molecule has 0 aromatic carbocycles. The Balaban J connectivity index is 2.18. The lowest BCUT2D eigenvalue weighted by atomic mass is 9.97. The summed E-state index contributed by atoms with van der Waals surface area (Å²) in [6.45, 7) is 20.8. The van der Waals surface area contributed by atoms with Gasteiger partial charge >= 0.3 is 12.2 Å². The van der Waals surface area contributed by atoms with Crippen LogP contribution in [0.4, 0.5) is 9.59 Å². The zero-order valence-electron chi connectivity index (χ0n) is 24.9. The van der Waals surface area contributed by atoms with Crippen LogP contribution in [0.5, 0.6) is 0 Å². The number of hydrogen-bond acceptors (Lipinski definition) is 7. The number of alkyl carbamates (subject to hydrolysis) is 1. The van der Waals surface area contributed by atoms with Gasteiger partial charge in [-0.1, -0.05) is 39.3 Å². The molecule has 11 nitrogen and oxygen atoms in total. The number of hydrogen-bond donors (Lipinski definition) is 1. The summed E-state index contributed by atoms with van der Waals surface area (Å²) in [4.78, 5) is 42.1. The topological polar surface area (TPSA) is 119 Å². The highest BCUT2D eigenvalue weighted by Crippen LogP contribution is 2.27. The van der Waals surface area contributed by atoms with Crippen molar-refractivity contribution in [3.63, 3.8) is 0 Å². The first kappa shape index (κ1) is 31.4. The number of rotatable bonds is 8. The van der Waals surface area contributed by atoms with Gasteiger partial charge < -0.3 is 24.6 Å². The van der Waals surface area contributed by atoms with Gasteiger partial charge in [0.1, 0.15) is 22.9 Å². The van der Waals surface area contributed by atoms with Gasteiger partial charge in [0, 0.05) is 26.2 Å². The zero-order valence-corrected chi connectivity index (χ0v) is 24.9. The van der Waals surface area contributed by atoms with Crippen molar-refractivity contribution in [1.29, 1.82) is 0 Å². The van der Waals surface area contributed by atoms with Crippen LogP contribution < -0.4 is 5.32 Å². The Kier molecular flexibility index (Phi) is 10.6. The van der Waals surface area contributed by atoms with E-state index in [1.807, 2.05) is 55.4 Å². The van der Waals surface area contributed by atoms with E-state index < -0.39 is 29.4 Å². The first-order chi connectivity index (χ1) is 17.5. The van der Waals surface area contributed by atoms with E-state index in [1.165, 1.54) is 0 Å². The SMILES string of the molecule is CC[C@H](C)[C@@H](C(=O)N1CCN(C(=O)OC(C)(C)C)CC1)n1cc([C@H](CC(C)C)NC(=O)OC(C)(C)C)nn1. The van der Waals surface area contributed by atoms with Gasteiger partial charge in [0.05, 0.1) is 12.2 Å². The van der Waals surface area contributed by atoms with Crippen LogP contribution in [0.25, 0.3) is 0 Å². The van der Waals surface area contributed by atoms with E-state index in [0.717, 1.165) is 6.42 Å². The minimum absolute atomic E-state index is 0.00305. The van der Waals surface area contributed by atoms with Crippen molar-refractivity contribution in [2.75, 3.05) is 26.2 Å². The Labute approximate surface area is 227 Å². The Morgan fingerprint density at radius 2 is 1.50 bits per heavy atom. The fourth-order valence-corrected chi connectivity index (χ4v) is 4.22. The third-order valence-corrected chi connectivity index (χ3v) is 6.25. The van der Waals surface area contributed by atoms with Crippen LogP contribution >= 0.6 is 0 Å². The van der Waals surface area contributed by atoms with Gasteiger partial charge in [-0.15, -0.1) is 5.10 Å². The third kappa shape index (κ3) is 9.47. The van der Waals surface area contributed by atoms with Gasteiger partial charge in [0.2, 0.25) is 5.91 Å². The van der Waals surface area contributed by atoms with E-state index in [-0.39, 0.29) is 23.8 Å². The lowest BCUT2D eigenvalue weighted by Crippen LogP contribution is -2.53. The van der Waals surface area contributed by atoms with Gasteiger partial charge in [-0.2, -0.15) is 0 Å². The second-order valence-electron chi connectivity index (χ2n) is 12.6. The molecule has 0 aliphatic carbocycles. The number of carbonyl (C=O) groups is 3. The fraction of sp³-hybridized carbons (Fsp3) is 0.815. The second-order valence-corrected chi connectivity index (χ2v) is 12.6. The first-order valence-corrected chi connectivity index (χ1v) is 13.7. The van der Waals surface area contributed by atoms with Gasteiger partial charge in [0.25, 0.3) is 0 Å². The normalized spacial score (nSPS) is 17.1. The Hall–Kier alpha value is -2.85. The number of nitrogens with zero attached hydrogens (tertiary/aromatic N) is 5. The number of aromatic nitrogens is 3. The van der Waals surface area contributed by atoms with Crippen LogP contribution in [0.2, 0.25) is 0 Å². The lowest BCUT2D eigenvalue weighted by Gasteiger charge is -2.37. The molecule has 0 unspecified atom stereocenters. The molecule has 38 heavy (non-hydrogen) atoms. The first-order valence-electron chi connectivity index (χ1n) is 13.7. The summed E-state index contributed by atoms with van der Waals surface area (Å²) in [5.74, 6) is 0.233. The predicted molar refractivity (Wildman–Crippen MR) is 144 cm³/mol. The van der Waals surface area contributed by atoms with Gasteiger partial charge in [-0.3, -0.25) is 4.79 Å². The molecule has 1 N–H and O–H groups in total. The summed E-state index contributed by atoms with van der Waals surface area (Å²) in [7, 11) is 0. The molecule has 0 spiro atoms. The Morgan fingerprint density at radius 3 is 2.00 bits per heavy atom. The Bertz CT molecular complexity index is 940. The number of carbonyl (C=O) groups excluding carboxylic acids is 3. The number of ether oxygens (including phenoxy) is 2. The number of amides is 3. The van der Waals surface area contributed by atoms with E-state index >= 15 is 0 Å². The maximum atomic E-state index is 13.7. The van der Waals surface area contributed by atoms with E-state index in [4.69, 9.17) is 9.47 Å². The maximum absolute atomic E-state index is 13.7. The molecule has 11 heteroatoms. The Morgan fingerprint density at radius 1 is 0.947 bits per heavy atom. The molecule has 216 valence electrons. The third-order valence-electron chi connectivity index (χ3n) is 6.25. The largest absolute Gasteiger partial charge is 0.444 e. The monoisotopic (exact) mass is 536 g/mol. The summed E-state index contributed by atoms with van der Waals surface area (Å²) < 4.78 is 12.5. The van der Waals surface area contributed by atoms with E-state index in [0.29, 0.717) is 38.3 Å². The highest BCUT2D eigenvalue weighted by atomic mass is 16.6. The molecule has 0 radical (unpaired) electrons. The van der Waals surface area contributed by atoms with Crippen molar-refractivity contribution in [3.05, 3.63) is 11.9 Å². The molecule has 2 rings (SSSR count). The molecule has 3 atom stereocenters. The van der Waals surface area contributed by atoms with Crippen LogP contribution in [0.1, 0.15) is 99.9 Å². The molecule has 1 aromatic heterocycles. The minimum atomic E-state index is -0.619. The van der Waals surface area contributed by atoms with Gasteiger partial charge in [0.15, 0.2) is 0 Å². The van der Waals surface area contributed by atoms with Crippen LogP contribution in [0.15, 0.2) is 6.20 Å². The van der Waals surface area contributed by atoms with E-state index in [1.54, 1.807) is 20.7 Å². The molecule has 1 fully saturated rings. The van der Waals surface area contributed by atoms with E-state index in [9.17, 15) is 14.4 Å². The molecule has 3 amide bonds. The maximum Gasteiger partial charge on any atom is 0.410 e. The standard InChI is InChI=1S/C27H48N6O5/c1-11-19(4)22(23(34)31-12-14-32(15-13-31)25(36)38-27(8,9)10)33-17-21(29-30-33)20(16-18(2)3)28-24(35)37-26(5,6)7/h17-20,22H,11-16H2,1-10H3,(H,28,35)/t19-,20-,22-/m0/s1. The lowest BCUT2D eigenvalue weighted by molar-refractivity contribution is -0.138. The smallest absolute Gasteiger partial charge is 0.410 e. The van der Waals surface area contributed by atoms with Crippen molar-refractivity contribution < 1.29 is 23.9 Å². The van der Waals surface area contributed by atoms with Crippen LogP contribution in [0, 0.1) is 11.8 Å². The predicted octanol–water partition coefficient (Wildman–Crippen LogP) is 4.56. The zero-order chi connectivity index (χ0) is 28.8. The fourth-order valence-electron chi connectivity index (χ4n) is 4.22. The van der Waals surface area contributed by atoms with Crippen molar-refractivity contribution in [2.24, 2.45) is 11.8 Å². The van der Waals surface area contributed by atoms with Crippen molar-refractivity contribution in [3.8, 4) is 0 Å². The quantitative estimate of drug-likeness (QED) is 0.517. The molecule has 2 heterocycles. The molecular formula is C27H48N6O5. The summed E-state index contributed by atoms with van der Waals surface area (Å²) >= 11 is 0. The van der Waals surface area contributed by atoms with Gasteiger partial charge in [-0.05, 0) is 59.8 Å². The van der Waals surface area contributed by atoms with Crippen LogP contribution in [0.3, 0.4) is 0 Å². The number of piperazine rings is 1. The minimum Gasteiger partial charge on any atom is -0.444 e. The molecule has 0 bridgehead atoms. The molecular weight excluding hydrogens is 488 g/mol. The summed E-state index contributed by atoms with van der Waals surface area (Å²) in [5.41, 5.74) is -0.603. The van der Waals surface area contributed by atoms with Crippen molar-refractivity contribution >= 4 is 18.1 Å². The van der Waals surface area contributed by atoms with Crippen LogP contribution in [-0.4, -0.2) is 80.3 Å². The van der Waals surface area contributed by atoms with Crippen LogP contribution in [-0.2, 0) is 14.3 Å². The molecule has 0 saturated carbocycles. The molecule has 1 aromatic rings. The molecule has 1 aliphatic heterocycles. The van der Waals surface area contributed by atoms with E-state index in [2.05, 4.69) is 29.5 Å². The number of nitrogens with one attached hydrogen (secondary N) is 1. The summed E-state index contributed by atoms with van der Waals surface area (Å²) in [6, 6.07) is -0.945.